The molecule has 1 fully saturated rings. The number of nitrogens with one attached hydrogen (secondary N) is 1. The lowest BCUT2D eigenvalue weighted by Gasteiger charge is -2.40. The Bertz CT molecular complexity index is 512. The molecular weight excluding hydrogens is 260 g/mol. The van der Waals surface area contributed by atoms with Crippen LogP contribution >= 0.6 is 0 Å². The minimum absolute atomic E-state index is 0.0240. The molecule has 1 amide bonds. The largest absolute Gasteiger partial charge is 0.338 e. The first kappa shape index (κ1) is 14.6. The molecule has 1 saturated heterocycles. The highest BCUT2D eigenvalue weighted by Crippen LogP contribution is 2.27. The van der Waals surface area contributed by atoms with Crippen LogP contribution < -0.4 is 5.32 Å². The van der Waals surface area contributed by atoms with Crippen molar-refractivity contribution in [3.05, 3.63) is 35.4 Å². The summed E-state index contributed by atoms with van der Waals surface area (Å²) in [7, 11) is 0. The van der Waals surface area contributed by atoms with Gasteiger partial charge in [0.05, 0.1) is 6.04 Å². The van der Waals surface area contributed by atoms with Gasteiger partial charge in [0.2, 0.25) is 5.91 Å². The van der Waals surface area contributed by atoms with Crippen LogP contribution in [0.15, 0.2) is 24.3 Å². The summed E-state index contributed by atoms with van der Waals surface area (Å²) in [6, 6.07) is 9.47. The van der Waals surface area contributed by atoms with Crippen LogP contribution in [0.3, 0.4) is 0 Å². The Kier molecular flexibility index (Phi) is 4.29. The van der Waals surface area contributed by atoms with E-state index in [2.05, 4.69) is 48.3 Å². The topological polar surface area (TPSA) is 32.3 Å². The molecule has 21 heavy (non-hydrogen) atoms. The van der Waals surface area contributed by atoms with Gasteiger partial charge in [-0.25, -0.2) is 0 Å². The normalized spacial score (nSPS) is 26.0. The molecule has 3 rings (SSSR count). The van der Waals surface area contributed by atoms with Gasteiger partial charge < -0.3 is 10.2 Å². The van der Waals surface area contributed by atoms with Crippen LogP contribution in [-0.2, 0) is 17.6 Å². The number of nitrogens with zero attached hydrogens (tertiary/aromatic N) is 1. The maximum atomic E-state index is 12.7. The van der Waals surface area contributed by atoms with Crippen molar-refractivity contribution in [2.75, 3.05) is 6.54 Å². The zero-order valence-electron chi connectivity index (χ0n) is 13.1. The molecule has 3 nitrogen and oxygen atoms in total. The maximum absolute atomic E-state index is 12.7. The fourth-order valence-electron chi connectivity index (χ4n) is 3.76. The molecule has 114 valence electrons. The fourth-order valence-corrected chi connectivity index (χ4v) is 3.76. The van der Waals surface area contributed by atoms with E-state index in [1.165, 1.54) is 11.1 Å². The summed E-state index contributed by atoms with van der Waals surface area (Å²) in [4.78, 5) is 14.9. The number of carbonyl (C=O) groups is 1. The van der Waals surface area contributed by atoms with E-state index in [4.69, 9.17) is 0 Å². The smallest absolute Gasteiger partial charge is 0.239 e. The molecule has 0 bridgehead atoms. The van der Waals surface area contributed by atoms with E-state index in [1.54, 1.807) is 0 Å². The monoisotopic (exact) mass is 286 g/mol. The fraction of sp³-hybridized carbons (Fsp3) is 0.611. The molecule has 1 N–H and O–H groups in total. The number of likely N-dealkylation sites (tertiary alicyclic amines) is 1. The number of aryl methyl sites for hydroxylation is 1. The van der Waals surface area contributed by atoms with Crippen LogP contribution in [0.25, 0.3) is 0 Å². The number of benzene rings is 1. The van der Waals surface area contributed by atoms with Crippen LogP contribution in [0.4, 0.5) is 0 Å². The third-order valence-corrected chi connectivity index (χ3v) is 4.77. The Morgan fingerprint density at radius 1 is 1.19 bits per heavy atom. The second-order valence-corrected chi connectivity index (χ2v) is 6.71. The van der Waals surface area contributed by atoms with E-state index in [-0.39, 0.29) is 6.04 Å². The number of hydrogen-bond donors (Lipinski definition) is 1. The molecule has 0 spiro atoms. The Hall–Kier alpha value is -1.35. The Balaban J connectivity index is 1.71. The minimum atomic E-state index is 0.0240. The van der Waals surface area contributed by atoms with Crippen molar-refractivity contribution < 1.29 is 4.79 Å². The van der Waals surface area contributed by atoms with Crippen LogP contribution in [0.1, 0.15) is 44.2 Å². The number of rotatable bonds is 3. The Morgan fingerprint density at radius 2 is 1.95 bits per heavy atom. The van der Waals surface area contributed by atoms with Gasteiger partial charge >= 0.3 is 0 Å². The molecule has 1 aromatic rings. The Morgan fingerprint density at radius 3 is 2.71 bits per heavy atom. The molecule has 0 saturated carbocycles. The number of piperidine rings is 1. The van der Waals surface area contributed by atoms with Gasteiger partial charge in [-0.05, 0) is 43.2 Å². The highest BCUT2D eigenvalue weighted by atomic mass is 16.2. The van der Waals surface area contributed by atoms with Crippen LogP contribution in [0, 0.1) is 0 Å². The molecule has 2 atom stereocenters. The molecule has 2 aliphatic rings. The summed E-state index contributed by atoms with van der Waals surface area (Å²) in [5.41, 5.74) is 2.90. The molecular formula is C18H26N2O. The van der Waals surface area contributed by atoms with Crippen molar-refractivity contribution in [3.8, 4) is 0 Å². The highest BCUT2D eigenvalue weighted by molar-refractivity contribution is 5.83. The number of fused-ring (bicyclic) bond motifs is 1. The third kappa shape index (κ3) is 3.13. The lowest BCUT2D eigenvalue weighted by atomic mass is 9.86. The standard InChI is InChI=1S/C18H26N2O/c1-13(2)19-17-8-5-11-20(18(17)21)16-10-9-14-6-3-4-7-15(14)12-16/h3-4,6-7,13,16-17,19H,5,8-12H2,1-2H3. The summed E-state index contributed by atoms with van der Waals surface area (Å²) in [6.07, 6.45) is 5.34. The summed E-state index contributed by atoms with van der Waals surface area (Å²) < 4.78 is 0. The van der Waals surface area contributed by atoms with Gasteiger partial charge in [0, 0.05) is 18.6 Å². The van der Waals surface area contributed by atoms with Gasteiger partial charge in [0.1, 0.15) is 0 Å². The van der Waals surface area contributed by atoms with Crippen molar-refractivity contribution in [2.24, 2.45) is 0 Å². The average Bonchev–Trinajstić information content (AvgIpc) is 2.48. The molecule has 1 aliphatic carbocycles. The van der Waals surface area contributed by atoms with Gasteiger partial charge in [0.15, 0.2) is 0 Å². The first-order valence-electron chi connectivity index (χ1n) is 8.28. The number of hydrogen-bond acceptors (Lipinski definition) is 2. The van der Waals surface area contributed by atoms with Gasteiger partial charge in [-0.1, -0.05) is 38.1 Å². The zero-order chi connectivity index (χ0) is 14.8. The first-order valence-corrected chi connectivity index (χ1v) is 8.28. The Labute approximate surface area is 127 Å². The summed E-state index contributed by atoms with van der Waals surface area (Å²) in [6.45, 7) is 5.16. The van der Waals surface area contributed by atoms with Crippen molar-refractivity contribution in [1.29, 1.82) is 0 Å². The molecule has 2 unspecified atom stereocenters. The molecule has 1 heterocycles. The van der Waals surface area contributed by atoms with Crippen molar-refractivity contribution in [1.82, 2.24) is 10.2 Å². The SMILES string of the molecule is CC(C)NC1CCCN(C2CCc3ccccc3C2)C1=O. The quantitative estimate of drug-likeness (QED) is 0.926. The van der Waals surface area contributed by atoms with Gasteiger partial charge in [-0.3, -0.25) is 4.79 Å². The maximum Gasteiger partial charge on any atom is 0.239 e. The van der Waals surface area contributed by atoms with E-state index >= 15 is 0 Å². The minimum Gasteiger partial charge on any atom is -0.338 e. The van der Waals surface area contributed by atoms with E-state index < -0.39 is 0 Å². The summed E-state index contributed by atoms with van der Waals surface area (Å²) >= 11 is 0. The van der Waals surface area contributed by atoms with Gasteiger partial charge in [-0.2, -0.15) is 0 Å². The van der Waals surface area contributed by atoms with Gasteiger partial charge in [0.25, 0.3) is 0 Å². The van der Waals surface area contributed by atoms with Crippen LogP contribution in [-0.4, -0.2) is 35.5 Å². The second kappa shape index (κ2) is 6.18. The van der Waals surface area contributed by atoms with Crippen LogP contribution in [0.5, 0.6) is 0 Å². The van der Waals surface area contributed by atoms with E-state index in [9.17, 15) is 4.79 Å². The molecule has 1 aliphatic heterocycles. The second-order valence-electron chi connectivity index (χ2n) is 6.71. The van der Waals surface area contributed by atoms with Crippen LogP contribution in [0.2, 0.25) is 0 Å². The first-order chi connectivity index (χ1) is 10.1. The lowest BCUT2D eigenvalue weighted by Crippen LogP contribution is -2.56. The van der Waals surface area contributed by atoms with Gasteiger partial charge in [-0.15, -0.1) is 0 Å². The molecule has 0 radical (unpaired) electrons. The van der Waals surface area contributed by atoms with Crippen molar-refractivity contribution in [3.63, 3.8) is 0 Å². The average molecular weight is 286 g/mol. The predicted molar refractivity (Wildman–Crippen MR) is 85.3 cm³/mol. The highest BCUT2D eigenvalue weighted by Gasteiger charge is 2.34. The van der Waals surface area contributed by atoms with E-state index in [0.717, 1.165) is 38.6 Å². The third-order valence-electron chi connectivity index (χ3n) is 4.77. The number of amides is 1. The zero-order valence-corrected chi connectivity index (χ0v) is 13.1. The van der Waals surface area contributed by atoms with Crippen molar-refractivity contribution in [2.45, 2.75) is 64.1 Å². The van der Waals surface area contributed by atoms with E-state index in [1.807, 2.05) is 0 Å². The molecule has 1 aromatic carbocycles. The summed E-state index contributed by atoms with van der Waals surface area (Å²) in [5, 5.41) is 3.43. The molecule has 0 aromatic heterocycles. The van der Waals surface area contributed by atoms with Crippen molar-refractivity contribution >= 4 is 5.91 Å². The van der Waals surface area contributed by atoms with E-state index in [0.29, 0.717) is 18.0 Å². The predicted octanol–water partition coefficient (Wildman–Crippen LogP) is 2.53. The summed E-state index contributed by atoms with van der Waals surface area (Å²) in [5.74, 6) is 0.319. The molecule has 3 heteroatoms. The number of carbonyl (C=O) groups excluding carboxylic acids is 1. The lowest BCUT2D eigenvalue weighted by molar-refractivity contribution is -0.139.